The summed E-state index contributed by atoms with van der Waals surface area (Å²) in [4.78, 5) is 0. The number of fused-ring (bicyclic) bond motifs is 1. The van der Waals surface area contributed by atoms with Crippen molar-refractivity contribution in [1.82, 2.24) is 10.2 Å². The van der Waals surface area contributed by atoms with Crippen molar-refractivity contribution in [1.29, 1.82) is 0 Å². The van der Waals surface area contributed by atoms with E-state index in [-0.39, 0.29) is 11.5 Å². The van der Waals surface area contributed by atoms with Crippen LogP contribution in [0, 0.1) is 0 Å². The molecule has 0 radical (unpaired) electrons. The minimum Gasteiger partial charge on any atom is -0.266 e. The molecule has 0 aliphatic rings. The van der Waals surface area contributed by atoms with Crippen LogP contribution in [0.4, 0.5) is 0 Å². The van der Waals surface area contributed by atoms with Crippen LogP contribution in [0.5, 0.6) is 0 Å². The fraction of sp³-hybridized carbons (Fsp3) is 0.462. The first kappa shape index (κ1) is 14.3. The van der Waals surface area contributed by atoms with Crippen LogP contribution in [0.3, 0.4) is 0 Å². The lowest BCUT2D eigenvalue weighted by Gasteiger charge is -2.04. The quantitative estimate of drug-likeness (QED) is 0.832. The second-order valence-corrected chi connectivity index (χ2v) is 7.25. The SMILES string of the molecule is CCCCCS(=O)(=O)Cc1ccc2n[nH]c(Cl)c2c1. The number of sulfone groups is 1. The van der Waals surface area contributed by atoms with E-state index in [9.17, 15) is 8.42 Å². The average Bonchev–Trinajstić information content (AvgIpc) is 2.71. The lowest BCUT2D eigenvalue weighted by molar-refractivity contribution is 0.590. The number of benzene rings is 1. The Kier molecular flexibility index (Phi) is 4.47. The third-order valence-electron chi connectivity index (χ3n) is 3.02. The van der Waals surface area contributed by atoms with Gasteiger partial charge in [-0.05, 0) is 24.1 Å². The molecule has 19 heavy (non-hydrogen) atoms. The first-order valence-corrected chi connectivity index (χ1v) is 8.54. The van der Waals surface area contributed by atoms with Crippen LogP contribution in [0.1, 0.15) is 31.7 Å². The summed E-state index contributed by atoms with van der Waals surface area (Å²) in [6.07, 6.45) is 2.70. The largest absolute Gasteiger partial charge is 0.266 e. The molecular formula is C13H17ClN2O2S. The molecule has 0 aliphatic heterocycles. The summed E-state index contributed by atoms with van der Waals surface area (Å²) in [5, 5.41) is 7.90. The van der Waals surface area contributed by atoms with Gasteiger partial charge in [-0.15, -0.1) is 0 Å². The Bertz CT molecular complexity index is 664. The predicted octanol–water partition coefficient (Wildman–Crippen LogP) is 3.32. The molecule has 0 unspecified atom stereocenters. The monoisotopic (exact) mass is 300 g/mol. The van der Waals surface area contributed by atoms with Crippen LogP contribution in [-0.2, 0) is 15.6 Å². The van der Waals surface area contributed by atoms with Gasteiger partial charge in [-0.2, -0.15) is 5.10 Å². The van der Waals surface area contributed by atoms with Crippen molar-refractivity contribution < 1.29 is 8.42 Å². The van der Waals surface area contributed by atoms with Gasteiger partial charge < -0.3 is 0 Å². The Morgan fingerprint density at radius 1 is 1.32 bits per heavy atom. The number of hydrogen-bond donors (Lipinski definition) is 1. The maximum absolute atomic E-state index is 12.0. The summed E-state index contributed by atoms with van der Waals surface area (Å²) in [7, 11) is -3.05. The van der Waals surface area contributed by atoms with E-state index in [0.717, 1.165) is 35.7 Å². The number of H-pyrrole nitrogens is 1. The number of halogens is 1. The zero-order valence-corrected chi connectivity index (χ0v) is 12.4. The Labute approximate surface area is 118 Å². The van der Waals surface area contributed by atoms with Crippen LogP contribution >= 0.6 is 11.6 Å². The molecular weight excluding hydrogens is 284 g/mol. The molecule has 1 aromatic heterocycles. The highest BCUT2D eigenvalue weighted by Crippen LogP contribution is 2.22. The first-order valence-electron chi connectivity index (χ1n) is 6.35. The van der Waals surface area contributed by atoms with E-state index >= 15 is 0 Å². The molecule has 0 aliphatic carbocycles. The highest BCUT2D eigenvalue weighted by Gasteiger charge is 2.13. The fourth-order valence-corrected chi connectivity index (χ4v) is 3.68. The van der Waals surface area contributed by atoms with E-state index < -0.39 is 9.84 Å². The number of hydrogen-bond acceptors (Lipinski definition) is 3. The Hall–Kier alpha value is -1.07. The standard InChI is InChI=1S/C13H17ClN2O2S/c1-2-3-4-7-19(17,18)9-10-5-6-12-11(8-10)13(14)16-15-12/h5-6,8H,2-4,7,9H2,1H3,(H,15,16). The zero-order chi connectivity index (χ0) is 13.9. The van der Waals surface area contributed by atoms with Gasteiger partial charge >= 0.3 is 0 Å². The Balaban J connectivity index is 2.14. The number of aromatic nitrogens is 2. The van der Waals surface area contributed by atoms with Crippen molar-refractivity contribution in [2.75, 3.05) is 5.75 Å². The summed E-state index contributed by atoms with van der Waals surface area (Å²) < 4.78 is 24.0. The molecule has 6 heteroatoms. The third kappa shape index (κ3) is 3.70. The lowest BCUT2D eigenvalue weighted by atomic mass is 10.2. The minimum absolute atomic E-state index is 0.0637. The van der Waals surface area contributed by atoms with Crippen LogP contribution in [-0.4, -0.2) is 24.4 Å². The van der Waals surface area contributed by atoms with Gasteiger partial charge in [-0.25, -0.2) is 8.42 Å². The van der Waals surface area contributed by atoms with Crippen LogP contribution < -0.4 is 0 Å². The molecule has 0 atom stereocenters. The summed E-state index contributed by atoms with van der Waals surface area (Å²) in [6.45, 7) is 2.06. The van der Waals surface area contributed by atoms with E-state index in [0.29, 0.717) is 5.15 Å². The Morgan fingerprint density at radius 2 is 2.11 bits per heavy atom. The third-order valence-corrected chi connectivity index (χ3v) is 4.99. The normalized spacial score (nSPS) is 12.1. The summed E-state index contributed by atoms with van der Waals surface area (Å²) in [5.41, 5.74) is 1.50. The molecule has 1 N–H and O–H groups in total. The van der Waals surface area contributed by atoms with Crippen molar-refractivity contribution in [2.24, 2.45) is 0 Å². The van der Waals surface area contributed by atoms with E-state index in [2.05, 4.69) is 17.1 Å². The van der Waals surface area contributed by atoms with E-state index in [1.807, 2.05) is 0 Å². The first-order chi connectivity index (χ1) is 9.02. The number of aromatic amines is 1. The smallest absolute Gasteiger partial charge is 0.154 e. The topological polar surface area (TPSA) is 62.8 Å². The highest BCUT2D eigenvalue weighted by molar-refractivity contribution is 7.90. The predicted molar refractivity (Wildman–Crippen MR) is 78.1 cm³/mol. The molecule has 4 nitrogen and oxygen atoms in total. The maximum Gasteiger partial charge on any atom is 0.154 e. The number of nitrogens with one attached hydrogen (secondary N) is 1. The second-order valence-electron chi connectivity index (χ2n) is 4.69. The molecule has 0 fully saturated rings. The van der Waals surface area contributed by atoms with Crippen molar-refractivity contribution in [3.8, 4) is 0 Å². The van der Waals surface area contributed by atoms with Crippen molar-refractivity contribution in [3.63, 3.8) is 0 Å². The fourth-order valence-electron chi connectivity index (χ4n) is 2.01. The van der Waals surface area contributed by atoms with Crippen LogP contribution in [0.15, 0.2) is 18.2 Å². The van der Waals surface area contributed by atoms with Gasteiger partial charge in [-0.3, -0.25) is 5.10 Å². The maximum atomic E-state index is 12.0. The van der Waals surface area contributed by atoms with Gasteiger partial charge in [0.2, 0.25) is 0 Å². The van der Waals surface area contributed by atoms with Crippen LogP contribution in [0.2, 0.25) is 5.15 Å². The Morgan fingerprint density at radius 3 is 2.84 bits per heavy atom. The van der Waals surface area contributed by atoms with Crippen molar-refractivity contribution in [3.05, 3.63) is 28.9 Å². The molecule has 0 saturated carbocycles. The van der Waals surface area contributed by atoms with E-state index in [1.165, 1.54) is 0 Å². The molecule has 2 rings (SSSR count). The average molecular weight is 301 g/mol. The second kappa shape index (κ2) is 5.92. The van der Waals surface area contributed by atoms with E-state index in [4.69, 9.17) is 11.6 Å². The minimum atomic E-state index is -3.05. The number of unbranched alkanes of at least 4 members (excludes halogenated alkanes) is 2. The van der Waals surface area contributed by atoms with Gasteiger partial charge in [0.1, 0.15) is 5.15 Å². The molecule has 1 heterocycles. The molecule has 0 spiro atoms. The van der Waals surface area contributed by atoms with Gasteiger partial charge in [0.15, 0.2) is 9.84 Å². The molecule has 104 valence electrons. The van der Waals surface area contributed by atoms with Crippen molar-refractivity contribution in [2.45, 2.75) is 31.9 Å². The summed E-state index contributed by atoms with van der Waals surface area (Å²) in [5.74, 6) is 0.312. The molecule has 1 aromatic carbocycles. The molecule has 0 bridgehead atoms. The van der Waals surface area contributed by atoms with Crippen molar-refractivity contribution >= 4 is 32.3 Å². The summed E-state index contributed by atoms with van der Waals surface area (Å²) in [6, 6.07) is 5.37. The van der Waals surface area contributed by atoms with Gasteiger partial charge in [0, 0.05) is 5.39 Å². The molecule has 0 amide bonds. The molecule has 0 saturated heterocycles. The number of rotatable bonds is 6. The zero-order valence-electron chi connectivity index (χ0n) is 10.8. The van der Waals surface area contributed by atoms with Gasteiger partial charge in [-0.1, -0.05) is 37.4 Å². The lowest BCUT2D eigenvalue weighted by Crippen LogP contribution is -2.09. The molecule has 2 aromatic rings. The van der Waals surface area contributed by atoms with Gasteiger partial charge in [0.25, 0.3) is 0 Å². The van der Waals surface area contributed by atoms with Gasteiger partial charge in [0.05, 0.1) is 17.0 Å². The summed E-state index contributed by atoms with van der Waals surface area (Å²) >= 11 is 5.95. The number of nitrogens with zero attached hydrogens (tertiary/aromatic N) is 1. The van der Waals surface area contributed by atoms with Crippen LogP contribution in [0.25, 0.3) is 10.9 Å². The van der Waals surface area contributed by atoms with E-state index in [1.54, 1.807) is 18.2 Å². The highest BCUT2D eigenvalue weighted by atomic mass is 35.5.